The Morgan fingerprint density at radius 2 is 1.96 bits per heavy atom. The van der Waals surface area contributed by atoms with E-state index in [0.29, 0.717) is 34.4 Å². The van der Waals surface area contributed by atoms with E-state index in [1.54, 1.807) is 6.92 Å². The van der Waals surface area contributed by atoms with Crippen LogP contribution in [-0.4, -0.2) is 21.1 Å². The van der Waals surface area contributed by atoms with Crippen molar-refractivity contribution in [1.82, 2.24) is 9.97 Å². The Hall–Kier alpha value is -2.39. The fourth-order valence-electron chi connectivity index (χ4n) is 2.54. The van der Waals surface area contributed by atoms with Crippen molar-refractivity contribution in [2.24, 2.45) is 0 Å². The Morgan fingerprint density at radius 3 is 2.58 bits per heavy atom. The highest BCUT2D eigenvalue weighted by molar-refractivity contribution is 8.00. The van der Waals surface area contributed by atoms with Crippen molar-refractivity contribution in [2.45, 2.75) is 57.2 Å². The predicted molar refractivity (Wildman–Crippen MR) is 105 cm³/mol. The van der Waals surface area contributed by atoms with Gasteiger partial charge in [0.25, 0.3) is 0 Å². The lowest BCUT2D eigenvalue weighted by Crippen LogP contribution is -2.23. The van der Waals surface area contributed by atoms with E-state index < -0.39 is 0 Å². The summed E-state index contributed by atoms with van der Waals surface area (Å²) in [5.74, 6) is 0.888. The van der Waals surface area contributed by atoms with Crippen molar-refractivity contribution >= 4 is 23.4 Å². The molecule has 0 fully saturated rings. The number of nitrogens with zero attached hydrogens (tertiary/aromatic N) is 3. The number of rotatable bonds is 6. The normalized spacial score (nSPS) is 11.9. The minimum absolute atomic E-state index is 0.110. The van der Waals surface area contributed by atoms with E-state index in [-0.39, 0.29) is 11.2 Å². The van der Waals surface area contributed by atoms with Crippen LogP contribution in [-0.2, 0) is 11.2 Å². The molecule has 0 saturated carbocycles. The third kappa shape index (κ3) is 4.61. The number of benzene rings is 1. The van der Waals surface area contributed by atoms with E-state index in [2.05, 4.69) is 35.2 Å². The molecule has 0 aliphatic carbocycles. The van der Waals surface area contributed by atoms with E-state index in [4.69, 9.17) is 0 Å². The molecule has 26 heavy (non-hydrogen) atoms. The molecule has 0 saturated heterocycles. The number of para-hydroxylation sites is 1. The largest absolute Gasteiger partial charge is 0.325 e. The van der Waals surface area contributed by atoms with Gasteiger partial charge in [0, 0.05) is 12.1 Å². The van der Waals surface area contributed by atoms with Crippen LogP contribution in [0.25, 0.3) is 0 Å². The lowest BCUT2D eigenvalue weighted by atomic mass is 10.0. The number of thioether (sulfide) groups is 1. The Morgan fingerprint density at radius 1 is 1.27 bits per heavy atom. The van der Waals surface area contributed by atoms with E-state index in [1.165, 1.54) is 11.8 Å². The molecule has 2 aromatic rings. The first kappa shape index (κ1) is 19.9. The van der Waals surface area contributed by atoms with Gasteiger partial charge < -0.3 is 5.32 Å². The van der Waals surface area contributed by atoms with Gasteiger partial charge in [-0.15, -0.1) is 0 Å². The molecule has 0 spiro atoms. The van der Waals surface area contributed by atoms with E-state index in [9.17, 15) is 10.1 Å². The molecule has 1 amide bonds. The molecule has 1 aromatic carbocycles. The second-order valence-corrected chi connectivity index (χ2v) is 7.69. The number of hydrogen-bond acceptors (Lipinski definition) is 5. The molecule has 5 nitrogen and oxygen atoms in total. The summed E-state index contributed by atoms with van der Waals surface area (Å²) >= 11 is 1.29. The summed E-state index contributed by atoms with van der Waals surface area (Å²) in [6.45, 7) is 9.78. The predicted octanol–water partition coefficient (Wildman–Crippen LogP) is 4.46. The average Bonchev–Trinajstić information content (AvgIpc) is 2.61. The van der Waals surface area contributed by atoms with Crippen LogP contribution >= 0.6 is 11.8 Å². The fraction of sp³-hybridized carbons (Fsp3) is 0.400. The molecule has 0 bridgehead atoms. The van der Waals surface area contributed by atoms with Crippen LogP contribution in [0.1, 0.15) is 56.3 Å². The monoisotopic (exact) mass is 368 g/mol. The summed E-state index contributed by atoms with van der Waals surface area (Å²) in [6.07, 6.45) is 0.683. The van der Waals surface area contributed by atoms with Crippen molar-refractivity contribution in [3.05, 3.63) is 46.9 Å². The van der Waals surface area contributed by atoms with Gasteiger partial charge in [0.05, 0.1) is 10.9 Å². The lowest BCUT2D eigenvalue weighted by molar-refractivity contribution is -0.115. The number of aromatic nitrogens is 2. The summed E-state index contributed by atoms with van der Waals surface area (Å²) in [5.41, 5.74) is 3.02. The molecule has 1 aromatic heterocycles. The van der Waals surface area contributed by atoms with Crippen LogP contribution in [0.5, 0.6) is 0 Å². The molecule has 1 atom stereocenters. The molecule has 1 N–H and O–H groups in total. The standard InChI is InChI=1S/C20H24N4OS/c1-6-18-22-13(4)16(11-21)20(24-18)26-14(5)19(25)23-17-10-8-7-9-15(17)12(2)3/h7-10,12,14H,6H2,1-5H3,(H,23,25)/t14-/m1/s1. The van der Waals surface area contributed by atoms with Gasteiger partial charge in [-0.3, -0.25) is 4.79 Å². The highest BCUT2D eigenvalue weighted by Crippen LogP contribution is 2.29. The second-order valence-electron chi connectivity index (χ2n) is 6.36. The Bertz CT molecular complexity index is 842. The minimum Gasteiger partial charge on any atom is -0.325 e. The summed E-state index contributed by atoms with van der Waals surface area (Å²) in [4.78, 5) is 21.4. The molecule has 2 rings (SSSR count). The van der Waals surface area contributed by atoms with Gasteiger partial charge in [0.1, 0.15) is 22.5 Å². The highest BCUT2D eigenvalue weighted by atomic mass is 32.2. The van der Waals surface area contributed by atoms with Crippen LogP contribution in [0.4, 0.5) is 5.69 Å². The molecule has 0 unspecified atom stereocenters. The molecule has 0 aliphatic rings. The number of carbonyl (C=O) groups is 1. The summed E-state index contributed by atoms with van der Waals surface area (Å²) in [6, 6.07) is 9.97. The van der Waals surface area contributed by atoms with Crippen LogP contribution in [0, 0.1) is 18.3 Å². The minimum atomic E-state index is -0.388. The van der Waals surface area contributed by atoms with Gasteiger partial charge in [0.2, 0.25) is 5.91 Å². The van der Waals surface area contributed by atoms with Gasteiger partial charge in [-0.2, -0.15) is 5.26 Å². The quantitative estimate of drug-likeness (QED) is 0.601. The molecule has 0 aliphatic heterocycles. The van der Waals surface area contributed by atoms with Crippen LogP contribution in [0.15, 0.2) is 29.3 Å². The first-order chi connectivity index (χ1) is 12.4. The third-order valence-electron chi connectivity index (χ3n) is 4.03. The van der Waals surface area contributed by atoms with Crippen LogP contribution in [0.3, 0.4) is 0 Å². The number of amides is 1. The number of hydrogen-bond donors (Lipinski definition) is 1. The first-order valence-corrected chi connectivity index (χ1v) is 9.59. The summed E-state index contributed by atoms with van der Waals surface area (Å²) in [5, 5.41) is 12.6. The Labute approximate surface area is 159 Å². The molecular weight excluding hydrogens is 344 g/mol. The molecular formula is C20H24N4OS. The fourth-order valence-corrected chi connectivity index (χ4v) is 3.51. The second kappa shape index (κ2) is 8.81. The number of anilines is 1. The summed E-state index contributed by atoms with van der Waals surface area (Å²) < 4.78 is 0. The van der Waals surface area contributed by atoms with Crippen molar-refractivity contribution in [1.29, 1.82) is 5.26 Å². The zero-order valence-corrected chi connectivity index (χ0v) is 16.6. The highest BCUT2D eigenvalue weighted by Gasteiger charge is 2.20. The molecule has 6 heteroatoms. The van der Waals surface area contributed by atoms with Gasteiger partial charge in [-0.25, -0.2) is 9.97 Å². The number of nitriles is 1. The smallest absolute Gasteiger partial charge is 0.237 e. The topological polar surface area (TPSA) is 78.7 Å². The van der Waals surface area contributed by atoms with Crippen molar-refractivity contribution < 1.29 is 4.79 Å². The Kier molecular flexibility index (Phi) is 6.76. The van der Waals surface area contributed by atoms with Gasteiger partial charge in [-0.05, 0) is 31.4 Å². The zero-order valence-electron chi connectivity index (χ0n) is 15.8. The number of carbonyl (C=O) groups excluding carboxylic acids is 1. The molecule has 1 heterocycles. The maximum Gasteiger partial charge on any atom is 0.237 e. The summed E-state index contributed by atoms with van der Waals surface area (Å²) in [7, 11) is 0. The van der Waals surface area contributed by atoms with E-state index in [0.717, 1.165) is 11.3 Å². The maximum atomic E-state index is 12.7. The number of aryl methyl sites for hydroxylation is 2. The first-order valence-electron chi connectivity index (χ1n) is 8.71. The lowest BCUT2D eigenvalue weighted by Gasteiger charge is -2.17. The Balaban J connectivity index is 2.21. The maximum absolute atomic E-state index is 12.7. The molecule has 136 valence electrons. The number of nitrogens with one attached hydrogen (secondary N) is 1. The van der Waals surface area contributed by atoms with Gasteiger partial charge >= 0.3 is 0 Å². The van der Waals surface area contributed by atoms with Crippen molar-refractivity contribution in [2.75, 3.05) is 5.32 Å². The molecule has 0 radical (unpaired) electrons. The van der Waals surface area contributed by atoms with Gasteiger partial charge in [-0.1, -0.05) is 50.7 Å². The average molecular weight is 369 g/mol. The van der Waals surface area contributed by atoms with Crippen molar-refractivity contribution in [3.63, 3.8) is 0 Å². The van der Waals surface area contributed by atoms with Crippen molar-refractivity contribution in [3.8, 4) is 6.07 Å². The van der Waals surface area contributed by atoms with E-state index >= 15 is 0 Å². The SMILES string of the molecule is CCc1nc(C)c(C#N)c(S[C@H](C)C(=O)Nc2ccccc2C(C)C)n1. The zero-order chi connectivity index (χ0) is 19.3. The van der Waals surface area contributed by atoms with Crippen LogP contribution in [0.2, 0.25) is 0 Å². The van der Waals surface area contributed by atoms with E-state index in [1.807, 2.05) is 38.1 Å². The van der Waals surface area contributed by atoms with Gasteiger partial charge in [0.15, 0.2) is 0 Å². The van der Waals surface area contributed by atoms with Crippen LogP contribution < -0.4 is 5.32 Å². The third-order valence-corrected chi connectivity index (χ3v) is 5.12.